The summed E-state index contributed by atoms with van der Waals surface area (Å²) in [5.74, 6) is -0.340. The first-order chi connectivity index (χ1) is 6.52. The second-order valence-electron chi connectivity index (χ2n) is 3.80. The molecule has 1 fully saturated rings. The number of halogens is 1. The summed E-state index contributed by atoms with van der Waals surface area (Å²) in [5, 5.41) is 0. The zero-order valence-corrected chi connectivity index (χ0v) is 9.75. The molecule has 0 spiro atoms. The SMILES string of the molecule is CC(C)C(N)CN1C(=O)COCC1=O.Cl. The fraction of sp³-hybridized carbons (Fsp3) is 0.778. The molecule has 88 valence electrons. The first-order valence-corrected chi connectivity index (χ1v) is 4.69. The van der Waals surface area contributed by atoms with E-state index in [9.17, 15) is 9.59 Å². The molecule has 1 heterocycles. The van der Waals surface area contributed by atoms with Crippen LogP contribution in [-0.2, 0) is 14.3 Å². The van der Waals surface area contributed by atoms with Crippen LogP contribution >= 0.6 is 12.4 Å². The van der Waals surface area contributed by atoms with Crippen molar-refractivity contribution in [2.75, 3.05) is 19.8 Å². The Morgan fingerprint density at radius 2 is 1.80 bits per heavy atom. The molecule has 0 radical (unpaired) electrons. The number of hydrogen-bond donors (Lipinski definition) is 1. The van der Waals surface area contributed by atoms with Crippen LogP contribution in [0.1, 0.15) is 13.8 Å². The fourth-order valence-electron chi connectivity index (χ4n) is 1.15. The van der Waals surface area contributed by atoms with E-state index in [1.807, 2.05) is 13.8 Å². The molecule has 5 nitrogen and oxygen atoms in total. The smallest absolute Gasteiger partial charge is 0.255 e. The van der Waals surface area contributed by atoms with Crippen LogP contribution in [0.25, 0.3) is 0 Å². The molecule has 15 heavy (non-hydrogen) atoms. The number of carbonyl (C=O) groups excluding carboxylic acids is 2. The highest BCUT2D eigenvalue weighted by molar-refractivity contribution is 5.98. The highest BCUT2D eigenvalue weighted by atomic mass is 35.5. The van der Waals surface area contributed by atoms with Gasteiger partial charge in [0.05, 0.1) is 0 Å². The van der Waals surface area contributed by atoms with Crippen molar-refractivity contribution in [1.82, 2.24) is 4.90 Å². The first kappa shape index (κ1) is 14.3. The van der Waals surface area contributed by atoms with Gasteiger partial charge >= 0.3 is 0 Å². The standard InChI is InChI=1S/C9H16N2O3.ClH/c1-6(2)7(10)3-11-8(12)4-14-5-9(11)13;/h6-7H,3-5,10H2,1-2H3;1H. The Bertz CT molecular complexity index is 230. The van der Waals surface area contributed by atoms with Gasteiger partial charge in [-0.2, -0.15) is 0 Å². The van der Waals surface area contributed by atoms with E-state index in [-0.39, 0.29) is 49.4 Å². The van der Waals surface area contributed by atoms with Crippen LogP contribution < -0.4 is 5.73 Å². The fourth-order valence-corrected chi connectivity index (χ4v) is 1.15. The lowest BCUT2D eigenvalue weighted by molar-refractivity contribution is -0.158. The van der Waals surface area contributed by atoms with Gasteiger partial charge in [0, 0.05) is 12.6 Å². The molecule has 0 saturated carbocycles. The summed E-state index contributed by atoms with van der Waals surface area (Å²) >= 11 is 0. The van der Waals surface area contributed by atoms with Crippen LogP contribution in [-0.4, -0.2) is 42.5 Å². The first-order valence-electron chi connectivity index (χ1n) is 4.69. The Morgan fingerprint density at radius 3 is 2.20 bits per heavy atom. The predicted octanol–water partition coefficient (Wildman–Crippen LogP) is -0.223. The molecule has 1 rings (SSSR count). The summed E-state index contributed by atoms with van der Waals surface area (Å²) in [6, 6.07) is -0.166. The topological polar surface area (TPSA) is 72.6 Å². The van der Waals surface area contributed by atoms with Crippen molar-refractivity contribution in [3.63, 3.8) is 0 Å². The second-order valence-corrected chi connectivity index (χ2v) is 3.80. The predicted molar refractivity (Wildman–Crippen MR) is 57.6 cm³/mol. The van der Waals surface area contributed by atoms with Gasteiger partial charge in [-0.1, -0.05) is 13.8 Å². The summed E-state index contributed by atoms with van der Waals surface area (Å²) in [7, 11) is 0. The minimum atomic E-state index is -0.294. The van der Waals surface area contributed by atoms with Gasteiger partial charge in [-0.25, -0.2) is 0 Å². The van der Waals surface area contributed by atoms with Gasteiger partial charge in [-0.3, -0.25) is 14.5 Å². The molecule has 0 bridgehead atoms. The Hall–Kier alpha value is -0.650. The minimum Gasteiger partial charge on any atom is -0.362 e. The van der Waals surface area contributed by atoms with Crippen molar-refractivity contribution in [2.24, 2.45) is 11.7 Å². The maximum Gasteiger partial charge on any atom is 0.255 e. The van der Waals surface area contributed by atoms with Crippen molar-refractivity contribution >= 4 is 24.2 Å². The quantitative estimate of drug-likeness (QED) is 0.688. The highest BCUT2D eigenvalue weighted by Crippen LogP contribution is 2.05. The molecule has 0 aromatic carbocycles. The van der Waals surface area contributed by atoms with Gasteiger partial charge in [-0.15, -0.1) is 12.4 Å². The van der Waals surface area contributed by atoms with Gasteiger partial charge in [0.1, 0.15) is 13.2 Å². The second kappa shape index (κ2) is 6.05. The normalized spacial score (nSPS) is 19.1. The molecule has 1 aliphatic rings. The zero-order valence-electron chi connectivity index (χ0n) is 8.93. The number of ether oxygens (including phenoxy) is 1. The van der Waals surface area contributed by atoms with Gasteiger partial charge in [0.25, 0.3) is 11.8 Å². The zero-order chi connectivity index (χ0) is 10.7. The van der Waals surface area contributed by atoms with E-state index in [2.05, 4.69) is 0 Å². The molecule has 1 aliphatic heterocycles. The molecule has 1 unspecified atom stereocenters. The van der Waals surface area contributed by atoms with Gasteiger partial charge < -0.3 is 10.5 Å². The van der Waals surface area contributed by atoms with Crippen LogP contribution in [0.2, 0.25) is 0 Å². The van der Waals surface area contributed by atoms with E-state index < -0.39 is 0 Å². The Morgan fingerprint density at radius 1 is 1.33 bits per heavy atom. The van der Waals surface area contributed by atoms with Crippen LogP contribution in [0.5, 0.6) is 0 Å². The lowest BCUT2D eigenvalue weighted by Crippen LogP contribution is -2.51. The molecule has 0 aromatic rings. The number of nitrogens with two attached hydrogens (primary N) is 1. The van der Waals surface area contributed by atoms with Crippen molar-refractivity contribution in [3.05, 3.63) is 0 Å². The van der Waals surface area contributed by atoms with Crippen molar-refractivity contribution in [3.8, 4) is 0 Å². The molecule has 1 saturated heterocycles. The number of imide groups is 1. The lowest BCUT2D eigenvalue weighted by Gasteiger charge is -2.28. The molecule has 6 heteroatoms. The summed E-state index contributed by atoms with van der Waals surface area (Å²) in [6.45, 7) is 4.17. The van der Waals surface area contributed by atoms with Gasteiger partial charge in [0.2, 0.25) is 0 Å². The van der Waals surface area contributed by atoms with E-state index in [0.717, 1.165) is 0 Å². The molecule has 1 atom stereocenters. The third kappa shape index (κ3) is 3.77. The lowest BCUT2D eigenvalue weighted by atomic mass is 10.0. The molecule has 2 amide bonds. The van der Waals surface area contributed by atoms with E-state index >= 15 is 0 Å². The average molecular weight is 237 g/mol. The summed E-state index contributed by atoms with van der Waals surface area (Å²) < 4.78 is 4.78. The van der Waals surface area contributed by atoms with Crippen molar-refractivity contribution in [2.45, 2.75) is 19.9 Å². The monoisotopic (exact) mass is 236 g/mol. The van der Waals surface area contributed by atoms with Crippen LogP contribution in [0, 0.1) is 5.92 Å². The Balaban J connectivity index is 0.00000196. The summed E-state index contributed by atoms with van der Waals surface area (Å²) in [4.78, 5) is 23.8. The van der Waals surface area contributed by atoms with Gasteiger partial charge in [0.15, 0.2) is 0 Å². The van der Waals surface area contributed by atoms with E-state index in [4.69, 9.17) is 10.5 Å². The maximum atomic E-state index is 11.3. The van der Waals surface area contributed by atoms with E-state index in [0.29, 0.717) is 6.54 Å². The van der Waals surface area contributed by atoms with Crippen molar-refractivity contribution in [1.29, 1.82) is 0 Å². The number of morpholine rings is 1. The number of nitrogens with zero attached hydrogens (tertiary/aromatic N) is 1. The summed E-state index contributed by atoms with van der Waals surface area (Å²) in [5.41, 5.74) is 5.78. The van der Waals surface area contributed by atoms with Crippen LogP contribution in [0.4, 0.5) is 0 Å². The largest absolute Gasteiger partial charge is 0.362 e. The third-order valence-electron chi connectivity index (χ3n) is 2.30. The molecule has 0 aromatic heterocycles. The number of rotatable bonds is 3. The van der Waals surface area contributed by atoms with Crippen LogP contribution in [0.15, 0.2) is 0 Å². The summed E-state index contributed by atoms with van der Waals surface area (Å²) in [6.07, 6.45) is 0. The van der Waals surface area contributed by atoms with Crippen molar-refractivity contribution < 1.29 is 14.3 Å². The van der Waals surface area contributed by atoms with E-state index in [1.54, 1.807) is 0 Å². The van der Waals surface area contributed by atoms with Gasteiger partial charge in [-0.05, 0) is 5.92 Å². The number of amides is 2. The number of hydrogen-bond acceptors (Lipinski definition) is 4. The van der Waals surface area contributed by atoms with E-state index in [1.165, 1.54) is 4.90 Å². The molecular formula is C9H17ClN2O3. The maximum absolute atomic E-state index is 11.3. The minimum absolute atomic E-state index is 0. The molecule has 2 N–H and O–H groups in total. The number of carbonyl (C=O) groups is 2. The van der Waals surface area contributed by atoms with Crippen LogP contribution in [0.3, 0.4) is 0 Å². The highest BCUT2D eigenvalue weighted by Gasteiger charge is 2.28. The Labute approximate surface area is 95.3 Å². The molecule has 0 aliphatic carbocycles. The average Bonchev–Trinajstić information content (AvgIpc) is 2.11. The molecular weight excluding hydrogens is 220 g/mol. The third-order valence-corrected chi connectivity index (χ3v) is 2.30. The Kier molecular flexibility index (Phi) is 5.79.